The van der Waals surface area contributed by atoms with Gasteiger partial charge in [0.15, 0.2) is 0 Å². The molecule has 3 unspecified atom stereocenters. The van der Waals surface area contributed by atoms with Crippen molar-refractivity contribution < 1.29 is 36.2 Å². The van der Waals surface area contributed by atoms with Crippen LogP contribution in [0.4, 0.5) is 5.69 Å². The quantitative estimate of drug-likeness (QED) is 0.145. The third kappa shape index (κ3) is 12.2. The van der Waals surface area contributed by atoms with Gasteiger partial charge < -0.3 is 29.3 Å². The van der Waals surface area contributed by atoms with Crippen molar-refractivity contribution in [2.45, 2.75) is 96.8 Å². The Morgan fingerprint density at radius 1 is 0.976 bits per heavy atom. The Kier molecular flexibility index (Phi) is 20.0. The number of nitrogens with zero attached hydrogens (tertiary/aromatic N) is 3. The van der Waals surface area contributed by atoms with E-state index in [1.54, 1.807) is 0 Å². The number of anilines is 1. The minimum Gasteiger partial charge on any atom is -0.654 e. The summed E-state index contributed by atoms with van der Waals surface area (Å²) in [5.74, 6) is 1.71. The molecular formula is C33H50MnN3O4P-4. The standard InChI is InChI=1S/C30H47N3OP.3CHO.Mn/c1-20(32-19-21-16-22(33(8)9)14-15-31-21)24-12-11-13-27(24)35-23-17-25(29(2,3)4)28(34-10)26(18-23)30(5,6)7;3*1-2;/h14-18,20,24,27,35H,11-13,19H2,1-10H3;3*1H;/q4*-1;/t20-,24?,27?;;;;/m1..../s1. The van der Waals surface area contributed by atoms with Gasteiger partial charge in [-0.3, -0.25) is 25.4 Å². The number of ether oxygens (including phenoxy) is 1. The van der Waals surface area contributed by atoms with E-state index in [1.807, 2.05) is 19.4 Å². The molecule has 0 amide bonds. The van der Waals surface area contributed by atoms with E-state index >= 15 is 0 Å². The maximum Gasteiger partial charge on any atom is 0.126 e. The van der Waals surface area contributed by atoms with E-state index in [0.29, 0.717) is 24.2 Å². The molecule has 7 nitrogen and oxygen atoms in total. The fourth-order valence-corrected chi connectivity index (χ4v) is 7.10. The van der Waals surface area contributed by atoms with E-state index in [9.17, 15) is 0 Å². The number of rotatable bonds is 8. The maximum atomic E-state index is 7.75. The number of benzene rings is 1. The number of methoxy groups -OCH3 is 1. The molecule has 237 valence electrons. The smallest absolute Gasteiger partial charge is 0.126 e. The molecule has 0 N–H and O–H groups in total. The van der Waals surface area contributed by atoms with Gasteiger partial charge in [-0.1, -0.05) is 75.8 Å². The molecule has 1 fully saturated rings. The van der Waals surface area contributed by atoms with Crippen molar-refractivity contribution in [3.8, 4) is 5.75 Å². The fourth-order valence-electron chi connectivity index (χ4n) is 5.21. The third-order valence-electron chi connectivity index (χ3n) is 7.31. The number of pyridine rings is 1. The van der Waals surface area contributed by atoms with Crippen LogP contribution >= 0.6 is 8.58 Å². The first-order valence-electron chi connectivity index (χ1n) is 13.8. The zero-order valence-electron chi connectivity index (χ0n) is 27.0. The van der Waals surface area contributed by atoms with Crippen LogP contribution in [0.5, 0.6) is 5.75 Å². The van der Waals surface area contributed by atoms with Gasteiger partial charge in [0.25, 0.3) is 0 Å². The van der Waals surface area contributed by atoms with Crippen LogP contribution < -0.4 is 14.9 Å². The Labute approximate surface area is 267 Å². The predicted octanol–water partition coefficient (Wildman–Crippen LogP) is 6.36. The minimum atomic E-state index is 0. The van der Waals surface area contributed by atoms with Crippen molar-refractivity contribution in [1.29, 1.82) is 0 Å². The van der Waals surface area contributed by atoms with Crippen molar-refractivity contribution in [3.05, 3.63) is 52.6 Å². The number of aromatic nitrogens is 1. The summed E-state index contributed by atoms with van der Waals surface area (Å²) in [5.41, 5.74) is 5.67. The summed E-state index contributed by atoms with van der Waals surface area (Å²) in [4.78, 5) is 29.9. The van der Waals surface area contributed by atoms with Crippen LogP contribution in [0.3, 0.4) is 0 Å². The van der Waals surface area contributed by atoms with E-state index in [-0.39, 0.29) is 27.9 Å². The van der Waals surface area contributed by atoms with E-state index in [1.165, 1.54) is 41.4 Å². The molecule has 3 rings (SSSR count). The first kappa shape index (κ1) is 42.0. The molecule has 0 spiro atoms. The van der Waals surface area contributed by atoms with Crippen LogP contribution in [0, 0.1) is 5.92 Å². The van der Waals surface area contributed by atoms with Crippen molar-refractivity contribution in [2.24, 2.45) is 5.92 Å². The average molecular weight is 639 g/mol. The topological polar surface area (TPSA) is 90.7 Å². The Balaban J connectivity index is 0. The first-order chi connectivity index (χ1) is 19.3. The average Bonchev–Trinajstić information content (AvgIpc) is 3.42. The van der Waals surface area contributed by atoms with Crippen molar-refractivity contribution >= 4 is 39.9 Å². The third-order valence-corrected chi connectivity index (χ3v) is 9.02. The maximum absolute atomic E-state index is 7.75. The summed E-state index contributed by atoms with van der Waals surface area (Å²) >= 11 is 0. The predicted molar refractivity (Wildman–Crippen MR) is 175 cm³/mol. The zero-order valence-corrected chi connectivity index (χ0v) is 29.2. The molecule has 42 heavy (non-hydrogen) atoms. The summed E-state index contributed by atoms with van der Waals surface area (Å²) in [6.07, 6.45) is 5.79. The SMILES string of the molecule is COc1c(C(C)(C)C)cc(PC2CCCC2[C@@H](C)[N-]Cc2cc(N(C)C)ccn2)cc1C(C)(C)C.[CH-]=O.[CH-]=O.[CH-]=O.[Mn]. The van der Waals surface area contributed by atoms with Gasteiger partial charge in [0.05, 0.1) is 7.11 Å². The van der Waals surface area contributed by atoms with Gasteiger partial charge in [0.1, 0.15) is 5.75 Å². The summed E-state index contributed by atoms with van der Waals surface area (Å²) in [5, 5.41) is 6.59. The monoisotopic (exact) mass is 638 g/mol. The second kappa shape index (κ2) is 20.0. The second-order valence-electron chi connectivity index (χ2n) is 12.4. The van der Waals surface area contributed by atoms with Gasteiger partial charge in [-0.05, 0) is 52.5 Å². The normalized spacial score (nSPS) is 16.9. The van der Waals surface area contributed by atoms with Crippen LogP contribution in [0.25, 0.3) is 5.32 Å². The molecule has 0 saturated heterocycles. The molecule has 0 bridgehead atoms. The molecule has 0 aliphatic heterocycles. The Morgan fingerprint density at radius 2 is 1.50 bits per heavy atom. The first-order valence-corrected chi connectivity index (χ1v) is 14.9. The van der Waals surface area contributed by atoms with Gasteiger partial charge in [-0.25, -0.2) is 0 Å². The van der Waals surface area contributed by atoms with Gasteiger partial charge >= 0.3 is 0 Å². The van der Waals surface area contributed by atoms with Crippen molar-refractivity contribution in [1.82, 2.24) is 4.98 Å². The molecule has 1 aliphatic rings. The minimum absolute atomic E-state index is 0. The number of hydrogen-bond acceptors (Lipinski definition) is 6. The molecule has 2 aromatic rings. The summed E-state index contributed by atoms with van der Waals surface area (Å²) < 4.78 is 5.99. The van der Waals surface area contributed by atoms with Crippen LogP contribution in [0.15, 0.2) is 30.5 Å². The molecule has 9 heteroatoms. The van der Waals surface area contributed by atoms with Crippen LogP contribution in [-0.4, -0.2) is 58.3 Å². The Hall–Kier alpha value is -2.11. The molecule has 1 aromatic heterocycles. The summed E-state index contributed by atoms with van der Waals surface area (Å²) in [6, 6.07) is 9.42. The van der Waals surface area contributed by atoms with E-state index in [0.717, 1.165) is 20.0 Å². The largest absolute Gasteiger partial charge is 0.654 e. The second-order valence-corrected chi connectivity index (χ2v) is 14.0. The molecule has 1 saturated carbocycles. The number of carbonyl (C=O) groups excluding carboxylic acids is 3. The van der Waals surface area contributed by atoms with Crippen LogP contribution in [0.2, 0.25) is 0 Å². The summed E-state index contributed by atoms with van der Waals surface area (Å²) in [6.45, 7) is 26.5. The van der Waals surface area contributed by atoms with E-state index < -0.39 is 0 Å². The Bertz CT molecular complexity index is 1020. The molecule has 1 aliphatic carbocycles. The number of hydrogen-bond donors (Lipinski definition) is 0. The van der Waals surface area contributed by atoms with Gasteiger partial charge in [0.2, 0.25) is 0 Å². The summed E-state index contributed by atoms with van der Waals surface area (Å²) in [7, 11) is 6.76. The molecule has 1 radical (unpaired) electrons. The van der Waals surface area contributed by atoms with E-state index in [4.69, 9.17) is 24.4 Å². The van der Waals surface area contributed by atoms with Crippen molar-refractivity contribution in [2.75, 3.05) is 26.1 Å². The van der Waals surface area contributed by atoms with Crippen LogP contribution in [0.1, 0.15) is 84.5 Å². The van der Waals surface area contributed by atoms with Gasteiger partial charge in [-0.2, -0.15) is 0 Å². The molecule has 1 aromatic carbocycles. The molecular weight excluding hydrogens is 588 g/mol. The van der Waals surface area contributed by atoms with Crippen molar-refractivity contribution in [3.63, 3.8) is 0 Å². The fraction of sp³-hybridized carbons (Fsp3) is 0.576. The Morgan fingerprint density at radius 3 is 1.95 bits per heavy atom. The molecule has 4 atom stereocenters. The zero-order chi connectivity index (χ0) is 32.0. The van der Waals surface area contributed by atoms with E-state index in [2.05, 4.69) is 111 Å². The van der Waals surface area contributed by atoms with Gasteiger partial charge in [0, 0.05) is 59.9 Å². The van der Waals surface area contributed by atoms with Crippen LogP contribution in [-0.2, 0) is 48.8 Å². The molecule has 1 heterocycles. The van der Waals surface area contributed by atoms with Gasteiger partial charge in [-0.15, -0.1) is 12.6 Å².